The van der Waals surface area contributed by atoms with Crippen molar-refractivity contribution in [2.45, 2.75) is 140 Å². The molecule has 62 heavy (non-hydrogen) atoms. The highest BCUT2D eigenvalue weighted by Crippen LogP contribution is 2.72. The smallest absolute Gasteiger partial charge is 0.306 e. The number of aliphatic hydroxyl groups is 4. The molecule has 4 N–H and O–H groups in total. The highest BCUT2D eigenvalue weighted by molar-refractivity contribution is 6.02. The summed E-state index contributed by atoms with van der Waals surface area (Å²) in [6.45, 7) is 8.38. The number of rotatable bonds is 9. The molecule has 338 valence electrons. The number of fused-ring (bicyclic) bond motifs is 10. The van der Waals surface area contributed by atoms with Gasteiger partial charge >= 0.3 is 11.9 Å². The quantitative estimate of drug-likeness (QED) is 0.234. The van der Waals surface area contributed by atoms with Crippen LogP contribution in [0.3, 0.4) is 0 Å². The standard InChI is InChI=1S/C48H60F2O12/c1-25-17-33-31-9-7-27-19-29(51)13-15-41(27,3)45(31,49)35(53)21-43(33,5)47(25,59)37(55)23-61-39(57)11-12-40(58)62-24-38(56)48(60)26(2)18-34-32-10-8-28-20-30(52)14-16-42(28,4)46(32,50)36(54)22-44(34,48)6/h13-16,19-20,25-26,31-36,53-54,59-60H,7-12,17-18,21-24H2,1-6H3/t25-,26-,31+,32+,33+,34+,35+,36+,41+,42+,43+,44+,45+,46+,47+,48+/m1/s1. The largest absolute Gasteiger partial charge is 0.458 e. The third kappa shape index (κ3) is 5.60. The minimum absolute atomic E-state index is 0.240. The van der Waals surface area contributed by atoms with Gasteiger partial charge in [0.05, 0.1) is 25.0 Å². The van der Waals surface area contributed by atoms with Crippen molar-refractivity contribution >= 4 is 35.1 Å². The van der Waals surface area contributed by atoms with Crippen LogP contribution in [0, 0.1) is 57.2 Å². The summed E-state index contributed by atoms with van der Waals surface area (Å²) in [6.07, 6.45) is 5.88. The Labute approximate surface area is 360 Å². The van der Waals surface area contributed by atoms with E-state index in [1.165, 1.54) is 36.5 Å². The lowest BCUT2D eigenvalue weighted by atomic mass is 9.44. The van der Waals surface area contributed by atoms with E-state index in [2.05, 4.69) is 0 Å². The zero-order valence-electron chi connectivity index (χ0n) is 36.4. The van der Waals surface area contributed by atoms with Gasteiger partial charge in [0.1, 0.15) is 11.2 Å². The average molecular weight is 867 g/mol. The summed E-state index contributed by atoms with van der Waals surface area (Å²) in [7, 11) is 0. The maximum Gasteiger partial charge on any atom is 0.306 e. The predicted molar refractivity (Wildman–Crippen MR) is 217 cm³/mol. The van der Waals surface area contributed by atoms with E-state index in [9.17, 15) is 49.2 Å². The van der Waals surface area contributed by atoms with E-state index in [1.54, 1.807) is 41.5 Å². The molecule has 0 bridgehead atoms. The van der Waals surface area contributed by atoms with Gasteiger partial charge in [-0.3, -0.25) is 28.8 Å². The van der Waals surface area contributed by atoms with Crippen LogP contribution in [-0.4, -0.2) is 103 Å². The Morgan fingerprint density at radius 3 is 1.35 bits per heavy atom. The van der Waals surface area contributed by atoms with Crippen LogP contribution >= 0.6 is 0 Å². The molecule has 14 heteroatoms. The molecule has 8 rings (SSSR count). The first-order valence-electron chi connectivity index (χ1n) is 22.3. The van der Waals surface area contributed by atoms with Crippen molar-refractivity contribution in [3.8, 4) is 0 Å². The molecule has 0 radical (unpaired) electrons. The Kier molecular flexibility index (Phi) is 10.4. The summed E-state index contributed by atoms with van der Waals surface area (Å²) < 4.78 is 45.5. The van der Waals surface area contributed by atoms with Gasteiger partial charge in [-0.05, 0) is 113 Å². The van der Waals surface area contributed by atoms with E-state index >= 15 is 8.78 Å². The van der Waals surface area contributed by atoms with Gasteiger partial charge < -0.3 is 29.9 Å². The molecule has 0 unspecified atom stereocenters. The molecule has 12 nitrogen and oxygen atoms in total. The van der Waals surface area contributed by atoms with Gasteiger partial charge in [-0.2, -0.15) is 0 Å². The van der Waals surface area contributed by atoms with Crippen molar-refractivity contribution < 1.29 is 67.4 Å². The van der Waals surface area contributed by atoms with Crippen molar-refractivity contribution in [1.29, 1.82) is 0 Å². The van der Waals surface area contributed by atoms with Crippen LogP contribution in [0.25, 0.3) is 0 Å². The topological polar surface area (TPSA) is 202 Å². The highest BCUT2D eigenvalue weighted by Gasteiger charge is 2.77. The fourth-order valence-corrected chi connectivity index (χ4v) is 15.1. The normalized spacial score (nSPS) is 48.6. The molecule has 16 atom stereocenters. The van der Waals surface area contributed by atoms with E-state index in [1.807, 2.05) is 0 Å². The number of hydrogen-bond donors (Lipinski definition) is 4. The summed E-state index contributed by atoms with van der Waals surface area (Å²) >= 11 is 0. The first kappa shape index (κ1) is 44.9. The molecule has 0 amide bonds. The number of allylic oxidation sites excluding steroid dienone is 8. The van der Waals surface area contributed by atoms with Crippen molar-refractivity contribution in [1.82, 2.24) is 0 Å². The zero-order chi connectivity index (χ0) is 45.4. The molecule has 0 heterocycles. The minimum atomic E-state index is -2.15. The predicted octanol–water partition coefficient (Wildman–Crippen LogP) is 4.69. The molecular formula is C48H60F2O12. The number of hydrogen-bond acceptors (Lipinski definition) is 12. The van der Waals surface area contributed by atoms with E-state index in [0.29, 0.717) is 36.8 Å². The van der Waals surface area contributed by atoms with Crippen LogP contribution in [0.2, 0.25) is 0 Å². The molecule has 0 aromatic carbocycles. The molecule has 6 fully saturated rings. The van der Waals surface area contributed by atoms with Crippen molar-refractivity contribution in [3.05, 3.63) is 47.6 Å². The van der Waals surface area contributed by atoms with Gasteiger partial charge in [0.15, 0.2) is 36.1 Å². The van der Waals surface area contributed by atoms with E-state index < -0.39 is 141 Å². The molecule has 0 aliphatic heterocycles. The Morgan fingerprint density at radius 1 is 0.645 bits per heavy atom. The Morgan fingerprint density at radius 2 is 1.00 bits per heavy atom. The highest BCUT2D eigenvalue weighted by atomic mass is 19.1. The minimum Gasteiger partial charge on any atom is -0.458 e. The SMILES string of the molecule is C[C@@H]1C[C@H]2[C@@H]3CCC4=CC(=O)C=C[C@]4(C)[C@@]3(F)[C@@H](O)C[C@]2(C)[C@@]1(O)C(=O)COC(=O)CCC(=O)OCC(=O)[C@@]1(O)[C@H](C)C[C@H]2[C@@H]3CCC4=CC(=O)C=C[C@]4(C)[C@@]3(F)[C@@H](O)C[C@@]21C. The monoisotopic (exact) mass is 866 g/mol. The maximum absolute atomic E-state index is 17.5. The van der Waals surface area contributed by atoms with Crippen LogP contribution in [0.1, 0.15) is 106 Å². The molecule has 0 saturated heterocycles. The molecule has 8 aliphatic carbocycles. The lowest BCUT2D eigenvalue weighted by Gasteiger charge is -2.62. The number of Topliss-reactive ketones (excluding diaryl/α,β-unsaturated/α-hetero) is 2. The van der Waals surface area contributed by atoms with E-state index in [0.717, 1.165) is 0 Å². The lowest BCUT2D eigenvalue weighted by molar-refractivity contribution is -0.220. The molecular weight excluding hydrogens is 807 g/mol. The van der Waals surface area contributed by atoms with Crippen LogP contribution in [0.5, 0.6) is 0 Å². The van der Waals surface area contributed by atoms with Gasteiger partial charge in [0, 0.05) is 33.5 Å². The first-order chi connectivity index (χ1) is 28.8. The summed E-state index contributed by atoms with van der Waals surface area (Å²) in [6, 6.07) is 0. The summed E-state index contributed by atoms with van der Waals surface area (Å²) in [4.78, 5) is 77.8. The fraction of sp³-hybridized carbons (Fsp3) is 0.708. The van der Waals surface area contributed by atoms with Crippen molar-refractivity contribution in [2.24, 2.45) is 57.2 Å². The van der Waals surface area contributed by atoms with Crippen LogP contribution in [0.4, 0.5) is 8.78 Å². The van der Waals surface area contributed by atoms with E-state index in [-0.39, 0.29) is 37.2 Å². The Bertz CT molecular complexity index is 2000. The van der Waals surface area contributed by atoms with Crippen molar-refractivity contribution in [3.63, 3.8) is 0 Å². The van der Waals surface area contributed by atoms with Crippen molar-refractivity contribution in [2.75, 3.05) is 13.2 Å². The second-order valence-corrected chi connectivity index (χ2v) is 21.0. The number of carbonyl (C=O) groups is 6. The van der Waals surface area contributed by atoms with Gasteiger partial charge in [-0.25, -0.2) is 8.78 Å². The number of esters is 2. The molecule has 6 saturated carbocycles. The lowest BCUT2D eigenvalue weighted by Crippen LogP contribution is -2.69. The van der Waals surface area contributed by atoms with Crippen LogP contribution in [0.15, 0.2) is 47.6 Å². The van der Waals surface area contributed by atoms with E-state index in [4.69, 9.17) is 9.47 Å². The molecule has 0 aromatic heterocycles. The Hall–Kier alpha value is -3.72. The fourth-order valence-electron chi connectivity index (χ4n) is 15.1. The summed E-state index contributed by atoms with van der Waals surface area (Å²) in [5.74, 6) is -7.87. The third-order valence-electron chi connectivity index (χ3n) is 18.6. The molecule has 0 aromatic rings. The van der Waals surface area contributed by atoms with Gasteiger partial charge in [-0.1, -0.05) is 51.0 Å². The number of carbonyl (C=O) groups excluding carboxylic acids is 6. The average Bonchev–Trinajstić information content (AvgIpc) is 3.54. The second-order valence-electron chi connectivity index (χ2n) is 21.0. The number of ether oxygens (including phenoxy) is 2. The number of aliphatic hydroxyl groups excluding tert-OH is 2. The molecule has 8 aliphatic rings. The third-order valence-corrected chi connectivity index (χ3v) is 18.6. The number of alkyl halides is 2. The second kappa shape index (κ2) is 14.4. The summed E-state index contributed by atoms with van der Waals surface area (Å²) in [5.41, 5.74) is -12.3. The summed E-state index contributed by atoms with van der Waals surface area (Å²) in [5, 5.41) is 47.6. The Balaban J connectivity index is 0.867. The first-order valence-corrected chi connectivity index (χ1v) is 22.3. The van der Waals surface area contributed by atoms with Crippen LogP contribution < -0.4 is 0 Å². The van der Waals surface area contributed by atoms with Gasteiger partial charge in [0.2, 0.25) is 11.6 Å². The number of ketones is 4. The van der Waals surface area contributed by atoms with Gasteiger partial charge in [0.25, 0.3) is 0 Å². The number of halogens is 2. The van der Waals surface area contributed by atoms with Gasteiger partial charge in [-0.15, -0.1) is 0 Å². The van der Waals surface area contributed by atoms with Crippen LogP contribution in [-0.2, 0) is 38.2 Å². The maximum atomic E-state index is 17.5. The molecule has 0 spiro atoms. The zero-order valence-corrected chi connectivity index (χ0v) is 36.4.